The van der Waals surface area contributed by atoms with E-state index in [1.54, 1.807) is 13.1 Å². The molecule has 0 amide bonds. The van der Waals surface area contributed by atoms with Gasteiger partial charge in [-0.1, -0.05) is 24.3 Å². The Morgan fingerprint density at radius 3 is 2.84 bits per heavy atom. The molecule has 96 valence electrons. The first kappa shape index (κ1) is 12.0. The van der Waals surface area contributed by atoms with E-state index in [9.17, 15) is 4.79 Å². The molecule has 3 nitrogen and oxygen atoms in total. The summed E-state index contributed by atoms with van der Waals surface area (Å²) in [6, 6.07) is 8.47. The number of fused-ring (bicyclic) bond motifs is 1. The molecule has 3 rings (SSSR count). The van der Waals surface area contributed by atoms with Crippen LogP contribution in [0.25, 0.3) is 0 Å². The number of ketones is 1. The van der Waals surface area contributed by atoms with Gasteiger partial charge in [-0.2, -0.15) is 0 Å². The molecule has 1 heterocycles. The van der Waals surface area contributed by atoms with Gasteiger partial charge in [0.25, 0.3) is 0 Å². The summed E-state index contributed by atoms with van der Waals surface area (Å²) in [6.07, 6.45) is 3.80. The zero-order chi connectivity index (χ0) is 13.4. The van der Waals surface area contributed by atoms with Gasteiger partial charge in [-0.15, -0.1) is 0 Å². The van der Waals surface area contributed by atoms with E-state index in [-0.39, 0.29) is 11.7 Å². The molecule has 3 heteroatoms. The maximum atomic E-state index is 11.4. The van der Waals surface area contributed by atoms with E-state index in [2.05, 4.69) is 34.2 Å². The van der Waals surface area contributed by atoms with Crippen molar-refractivity contribution >= 4 is 5.78 Å². The number of Topliss-reactive ketones (excluding diaryl/α,β-unsaturated/α-hetero) is 1. The zero-order valence-corrected chi connectivity index (χ0v) is 11.2. The van der Waals surface area contributed by atoms with Crippen LogP contribution in [0.15, 0.2) is 30.5 Å². The average molecular weight is 252 g/mol. The summed E-state index contributed by atoms with van der Waals surface area (Å²) in [7, 11) is 0. The maximum Gasteiger partial charge on any atom is 0.163 e. The van der Waals surface area contributed by atoms with Crippen molar-refractivity contribution < 1.29 is 4.79 Å². The Morgan fingerprint density at radius 1 is 1.32 bits per heavy atom. The summed E-state index contributed by atoms with van der Waals surface area (Å²) in [6.45, 7) is 3.43. The smallest absolute Gasteiger partial charge is 0.163 e. The second-order valence-corrected chi connectivity index (χ2v) is 5.07. The topological polar surface area (TPSA) is 42.9 Å². The molecule has 1 atom stereocenters. The highest BCUT2D eigenvalue weighted by Gasteiger charge is 2.26. The lowest BCUT2D eigenvalue weighted by Crippen LogP contribution is -2.08. The van der Waals surface area contributed by atoms with E-state index in [4.69, 9.17) is 0 Å². The number of benzene rings is 1. The predicted octanol–water partition coefficient (Wildman–Crippen LogP) is 3.07. The largest absolute Gasteiger partial charge is 0.294 e. The van der Waals surface area contributed by atoms with Crippen molar-refractivity contribution in [2.24, 2.45) is 0 Å². The molecular formula is C16H16N2O. The number of carbonyl (C=O) groups excluding carboxylic acids is 1. The lowest BCUT2D eigenvalue weighted by molar-refractivity contribution is 0.101. The molecule has 0 N–H and O–H groups in total. The Morgan fingerprint density at radius 2 is 2.11 bits per heavy atom. The van der Waals surface area contributed by atoms with Gasteiger partial charge in [0, 0.05) is 12.1 Å². The molecule has 1 aliphatic rings. The maximum absolute atomic E-state index is 11.4. The molecule has 0 aliphatic heterocycles. The Labute approximate surface area is 112 Å². The van der Waals surface area contributed by atoms with Gasteiger partial charge in [0.15, 0.2) is 5.78 Å². The highest BCUT2D eigenvalue weighted by molar-refractivity contribution is 5.94. The second-order valence-electron chi connectivity index (χ2n) is 5.07. The molecule has 0 saturated carbocycles. The van der Waals surface area contributed by atoms with Crippen molar-refractivity contribution in [1.82, 2.24) is 9.97 Å². The molecule has 0 saturated heterocycles. The first-order valence-corrected chi connectivity index (χ1v) is 6.59. The van der Waals surface area contributed by atoms with Crippen LogP contribution >= 0.6 is 0 Å². The van der Waals surface area contributed by atoms with Crippen molar-refractivity contribution in [3.63, 3.8) is 0 Å². The van der Waals surface area contributed by atoms with Crippen molar-refractivity contribution in [3.05, 3.63) is 58.7 Å². The highest BCUT2D eigenvalue weighted by atomic mass is 16.1. The predicted molar refractivity (Wildman–Crippen MR) is 73.4 cm³/mol. The van der Waals surface area contributed by atoms with Crippen molar-refractivity contribution in [3.8, 4) is 0 Å². The van der Waals surface area contributed by atoms with Crippen LogP contribution in [0.2, 0.25) is 0 Å². The van der Waals surface area contributed by atoms with Gasteiger partial charge in [0.2, 0.25) is 0 Å². The third kappa shape index (κ3) is 2.05. The number of aryl methyl sites for hydroxylation is 2. The number of hydrogen-bond acceptors (Lipinski definition) is 3. The summed E-state index contributed by atoms with van der Waals surface area (Å²) in [5.74, 6) is 1.14. The molecular weight excluding hydrogens is 236 g/mol. The lowest BCUT2D eigenvalue weighted by atomic mass is 10.00. The monoisotopic (exact) mass is 252 g/mol. The quantitative estimate of drug-likeness (QED) is 0.771. The van der Waals surface area contributed by atoms with E-state index in [1.807, 2.05) is 6.92 Å². The fraction of sp³-hybridized carbons (Fsp3) is 0.312. The average Bonchev–Trinajstić information content (AvgIpc) is 2.82. The van der Waals surface area contributed by atoms with Crippen LogP contribution in [0.3, 0.4) is 0 Å². The number of hydrogen-bond donors (Lipinski definition) is 0. The molecule has 1 unspecified atom stereocenters. The van der Waals surface area contributed by atoms with Gasteiger partial charge >= 0.3 is 0 Å². The first-order chi connectivity index (χ1) is 9.16. The number of rotatable bonds is 2. The molecule has 2 aromatic rings. The van der Waals surface area contributed by atoms with Crippen molar-refractivity contribution in [2.75, 3.05) is 0 Å². The molecule has 1 aliphatic carbocycles. The fourth-order valence-corrected chi connectivity index (χ4v) is 2.82. The Balaban J connectivity index is 2.01. The van der Waals surface area contributed by atoms with Gasteiger partial charge < -0.3 is 0 Å². The second kappa shape index (κ2) is 4.57. The molecule has 0 bridgehead atoms. The minimum atomic E-state index is 0.0240. The Hall–Kier alpha value is -2.03. The first-order valence-electron chi connectivity index (χ1n) is 6.59. The van der Waals surface area contributed by atoms with Crippen LogP contribution in [-0.2, 0) is 6.42 Å². The van der Waals surface area contributed by atoms with Gasteiger partial charge in [0.1, 0.15) is 5.82 Å². The summed E-state index contributed by atoms with van der Waals surface area (Å²) < 4.78 is 0. The summed E-state index contributed by atoms with van der Waals surface area (Å²) in [4.78, 5) is 20.4. The standard InChI is InChI=1S/C16H16N2O/c1-10-15(11(2)19)9-17-16(18-10)14-8-7-12-5-3-4-6-13(12)14/h3-6,9,14H,7-8H2,1-2H3. The van der Waals surface area contributed by atoms with E-state index in [1.165, 1.54) is 11.1 Å². The summed E-state index contributed by atoms with van der Waals surface area (Å²) in [5, 5.41) is 0. The normalized spacial score (nSPS) is 17.3. The van der Waals surface area contributed by atoms with E-state index in [0.717, 1.165) is 24.4 Å². The van der Waals surface area contributed by atoms with Gasteiger partial charge in [0.05, 0.1) is 11.3 Å². The zero-order valence-electron chi connectivity index (χ0n) is 11.2. The van der Waals surface area contributed by atoms with Gasteiger partial charge in [-0.25, -0.2) is 9.97 Å². The number of aromatic nitrogens is 2. The van der Waals surface area contributed by atoms with E-state index in [0.29, 0.717) is 5.56 Å². The third-order valence-corrected chi connectivity index (χ3v) is 3.82. The molecule has 0 spiro atoms. The summed E-state index contributed by atoms with van der Waals surface area (Å²) in [5.41, 5.74) is 4.12. The third-order valence-electron chi connectivity index (χ3n) is 3.82. The molecule has 1 aromatic heterocycles. The lowest BCUT2D eigenvalue weighted by Gasteiger charge is -2.11. The fourth-order valence-electron chi connectivity index (χ4n) is 2.82. The van der Waals surface area contributed by atoms with Crippen LogP contribution in [0.1, 0.15) is 52.3 Å². The van der Waals surface area contributed by atoms with Crippen LogP contribution in [0, 0.1) is 6.92 Å². The van der Waals surface area contributed by atoms with Gasteiger partial charge in [-0.3, -0.25) is 4.79 Å². The van der Waals surface area contributed by atoms with Gasteiger partial charge in [-0.05, 0) is 37.8 Å². The summed E-state index contributed by atoms with van der Waals surface area (Å²) >= 11 is 0. The Bertz CT molecular complexity index is 649. The number of carbonyl (C=O) groups is 1. The molecule has 19 heavy (non-hydrogen) atoms. The Kier molecular flexibility index (Phi) is 2.90. The SMILES string of the molecule is CC(=O)c1cnc(C2CCc3ccccc32)nc1C. The van der Waals surface area contributed by atoms with E-state index < -0.39 is 0 Å². The van der Waals surface area contributed by atoms with Crippen LogP contribution < -0.4 is 0 Å². The van der Waals surface area contributed by atoms with Crippen molar-refractivity contribution in [1.29, 1.82) is 0 Å². The van der Waals surface area contributed by atoms with Crippen LogP contribution in [-0.4, -0.2) is 15.8 Å². The van der Waals surface area contributed by atoms with Crippen LogP contribution in [0.5, 0.6) is 0 Å². The minimum absolute atomic E-state index is 0.0240. The number of nitrogens with zero attached hydrogens (tertiary/aromatic N) is 2. The molecule has 1 aromatic carbocycles. The molecule has 0 radical (unpaired) electrons. The minimum Gasteiger partial charge on any atom is -0.294 e. The van der Waals surface area contributed by atoms with E-state index >= 15 is 0 Å². The highest BCUT2D eigenvalue weighted by Crippen LogP contribution is 2.36. The van der Waals surface area contributed by atoms with Crippen molar-refractivity contribution in [2.45, 2.75) is 32.6 Å². The molecule has 0 fully saturated rings. The van der Waals surface area contributed by atoms with Crippen LogP contribution in [0.4, 0.5) is 0 Å².